The quantitative estimate of drug-likeness (QED) is 0.854. The summed E-state index contributed by atoms with van der Waals surface area (Å²) in [7, 11) is 0. The third kappa shape index (κ3) is 2.28. The van der Waals surface area contributed by atoms with Crippen molar-refractivity contribution >= 4 is 28.9 Å². The number of fused-ring (bicyclic) bond motifs is 1. The summed E-state index contributed by atoms with van der Waals surface area (Å²) in [5, 5.41) is 5.03. The van der Waals surface area contributed by atoms with Crippen molar-refractivity contribution in [3.8, 4) is 0 Å². The molecule has 3 rings (SSSR count). The molecule has 96 valence electrons. The first-order valence-electron chi connectivity index (χ1n) is 5.99. The van der Waals surface area contributed by atoms with Crippen LogP contribution >= 0.6 is 12.4 Å². The maximum Gasteiger partial charge on any atom is 0.133 e. The Morgan fingerprint density at radius 1 is 1.00 bits per heavy atom. The SMILES string of the molecule is Cl.Fc1cccc2cccc(N3CCNCC3)c12. The van der Waals surface area contributed by atoms with E-state index >= 15 is 0 Å². The van der Waals surface area contributed by atoms with Crippen molar-refractivity contribution in [1.29, 1.82) is 0 Å². The lowest BCUT2D eigenvalue weighted by Gasteiger charge is -2.30. The highest BCUT2D eigenvalue weighted by Gasteiger charge is 2.14. The summed E-state index contributed by atoms with van der Waals surface area (Å²) < 4.78 is 14.0. The van der Waals surface area contributed by atoms with Crippen LogP contribution in [-0.2, 0) is 0 Å². The molecule has 2 nitrogen and oxygen atoms in total. The summed E-state index contributed by atoms with van der Waals surface area (Å²) >= 11 is 0. The molecule has 0 saturated carbocycles. The number of nitrogens with one attached hydrogen (secondary N) is 1. The van der Waals surface area contributed by atoms with E-state index in [-0.39, 0.29) is 18.2 Å². The smallest absolute Gasteiger partial charge is 0.133 e. The van der Waals surface area contributed by atoms with Gasteiger partial charge < -0.3 is 10.2 Å². The maximum absolute atomic E-state index is 14.0. The zero-order valence-corrected chi connectivity index (χ0v) is 10.8. The van der Waals surface area contributed by atoms with Gasteiger partial charge in [-0.05, 0) is 17.5 Å². The van der Waals surface area contributed by atoms with E-state index in [4.69, 9.17) is 0 Å². The standard InChI is InChI=1S/C14H15FN2.ClH/c15-12-5-1-3-11-4-2-6-13(14(11)12)17-9-7-16-8-10-17;/h1-6,16H,7-10H2;1H. The predicted octanol–water partition coefficient (Wildman–Crippen LogP) is 2.81. The van der Waals surface area contributed by atoms with Crippen molar-refractivity contribution in [2.75, 3.05) is 31.1 Å². The third-order valence-electron chi connectivity index (χ3n) is 3.29. The monoisotopic (exact) mass is 266 g/mol. The first kappa shape index (κ1) is 13.1. The minimum absolute atomic E-state index is 0. The second-order valence-corrected chi connectivity index (χ2v) is 4.35. The van der Waals surface area contributed by atoms with E-state index in [1.165, 1.54) is 6.07 Å². The largest absolute Gasteiger partial charge is 0.368 e. The van der Waals surface area contributed by atoms with Crippen molar-refractivity contribution in [3.05, 3.63) is 42.2 Å². The molecule has 1 N–H and O–H groups in total. The van der Waals surface area contributed by atoms with Crippen molar-refractivity contribution in [3.63, 3.8) is 0 Å². The fraction of sp³-hybridized carbons (Fsp3) is 0.286. The van der Waals surface area contributed by atoms with Gasteiger partial charge in [0, 0.05) is 37.3 Å². The molecule has 0 spiro atoms. The number of hydrogen-bond donors (Lipinski definition) is 1. The van der Waals surface area contributed by atoms with Crippen molar-refractivity contribution in [2.45, 2.75) is 0 Å². The molecular weight excluding hydrogens is 251 g/mol. The van der Waals surface area contributed by atoms with Gasteiger partial charge in [-0.1, -0.05) is 24.3 Å². The summed E-state index contributed by atoms with van der Waals surface area (Å²) in [6, 6.07) is 11.2. The van der Waals surface area contributed by atoms with Crippen LogP contribution in [0.5, 0.6) is 0 Å². The Balaban J connectivity index is 0.00000120. The number of rotatable bonds is 1. The van der Waals surface area contributed by atoms with Gasteiger partial charge in [-0.15, -0.1) is 12.4 Å². The minimum atomic E-state index is -0.128. The predicted molar refractivity (Wildman–Crippen MR) is 76.2 cm³/mol. The lowest BCUT2D eigenvalue weighted by molar-refractivity contribution is 0.588. The molecule has 1 saturated heterocycles. The van der Waals surface area contributed by atoms with E-state index in [2.05, 4.69) is 10.2 Å². The van der Waals surface area contributed by atoms with E-state index in [0.29, 0.717) is 0 Å². The van der Waals surface area contributed by atoms with Crippen LogP contribution in [0.25, 0.3) is 10.8 Å². The lowest BCUT2D eigenvalue weighted by atomic mass is 10.1. The molecule has 18 heavy (non-hydrogen) atoms. The van der Waals surface area contributed by atoms with E-state index < -0.39 is 0 Å². The molecule has 0 amide bonds. The number of halogens is 2. The van der Waals surface area contributed by atoms with Crippen LogP contribution in [0, 0.1) is 5.82 Å². The van der Waals surface area contributed by atoms with Crippen LogP contribution in [-0.4, -0.2) is 26.2 Å². The fourth-order valence-corrected chi connectivity index (χ4v) is 2.45. The van der Waals surface area contributed by atoms with Gasteiger partial charge in [-0.25, -0.2) is 4.39 Å². The summed E-state index contributed by atoms with van der Waals surface area (Å²) in [6.07, 6.45) is 0. The van der Waals surface area contributed by atoms with Gasteiger partial charge in [0.05, 0.1) is 0 Å². The number of nitrogens with zero attached hydrogens (tertiary/aromatic N) is 1. The molecule has 1 fully saturated rings. The minimum Gasteiger partial charge on any atom is -0.368 e. The number of hydrogen-bond acceptors (Lipinski definition) is 2. The van der Waals surface area contributed by atoms with Crippen LogP contribution < -0.4 is 10.2 Å². The van der Waals surface area contributed by atoms with Crippen LogP contribution in [0.15, 0.2) is 36.4 Å². The Morgan fingerprint density at radius 2 is 1.67 bits per heavy atom. The average molecular weight is 267 g/mol. The molecule has 1 aliphatic heterocycles. The van der Waals surface area contributed by atoms with Crippen LogP contribution in [0.1, 0.15) is 0 Å². The molecule has 0 bridgehead atoms. The molecule has 2 aromatic carbocycles. The Kier molecular flexibility index (Phi) is 4.04. The van der Waals surface area contributed by atoms with Crippen LogP contribution in [0.3, 0.4) is 0 Å². The molecule has 1 heterocycles. The van der Waals surface area contributed by atoms with E-state index in [1.807, 2.05) is 24.3 Å². The van der Waals surface area contributed by atoms with Gasteiger partial charge in [0.25, 0.3) is 0 Å². The van der Waals surface area contributed by atoms with E-state index in [0.717, 1.165) is 42.6 Å². The normalized spacial score (nSPS) is 15.5. The molecule has 4 heteroatoms. The zero-order chi connectivity index (χ0) is 11.7. The van der Waals surface area contributed by atoms with Gasteiger partial charge >= 0.3 is 0 Å². The highest BCUT2D eigenvalue weighted by atomic mass is 35.5. The van der Waals surface area contributed by atoms with Gasteiger partial charge in [0.15, 0.2) is 0 Å². The summed E-state index contributed by atoms with van der Waals surface area (Å²) in [5.41, 5.74) is 1.02. The molecule has 1 aliphatic rings. The molecule has 0 atom stereocenters. The van der Waals surface area contributed by atoms with Crippen LogP contribution in [0.2, 0.25) is 0 Å². The molecule has 0 unspecified atom stereocenters. The molecule has 0 aliphatic carbocycles. The maximum atomic E-state index is 14.0. The summed E-state index contributed by atoms with van der Waals surface area (Å²) in [4.78, 5) is 2.25. The first-order chi connectivity index (χ1) is 8.36. The average Bonchev–Trinajstić information content (AvgIpc) is 2.39. The van der Waals surface area contributed by atoms with Gasteiger partial charge in [-0.2, -0.15) is 0 Å². The van der Waals surface area contributed by atoms with E-state index in [9.17, 15) is 4.39 Å². The second kappa shape index (κ2) is 5.55. The lowest BCUT2D eigenvalue weighted by Crippen LogP contribution is -2.43. The third-order valence-corrected chi connectivity index (χ3v) is 3.29. The number of anilines is 1. The van der Waals surface area contributed by atoms with Gasteiger partial charge in [-0.3, -0.25) is 0 Å². The van der Waals surface area contributed by atoms with Crippen molar-refractivity contribution in [1.82, 2.24) is 5.32 Å². The zero-order valence-electron chi connectivity index (χ0n) is 10.0. The van der Waals surface area contributed by atoms with Crippen LogP contribution in [0.4, 0.5) is 10.1 Å². The van der Waals surface area contributed by atoms with Crippen molar-refractivity contribution < 1.29 is 4.39 Å². The number of piperazine rings is 1. The Bertz CT molecular complexity index is 533. The fourth-order valence-electron chi connectivity index (χ4n) is 2.45. The van der Waals surface area contributed by atoms with Crippen molar-refractivity contribution in [2.24, 2.45) is 0 Å². The topological polar surface area (TPSA) is 15.3 Å². The van der Waals surface area contributed by atoms with Gasteiger partial charge in [0.2, 0.25) is 0 Å². The Morgan fingerprint density at radius 3 is 2.39 bits per heavy atom. The van der Waals surface area contributed by atoms with E-state index in [1.54, 1.807) is 6.07 Å². The number of benzene rings is 2. The highest BCUT2D eigenvalue weighted by Crippen LogP contribution is 2.29. The Labute approximate surface area is 112 Å². The summed E-state index contributed by atoms with van der Waals surface area (Å²) in [6.45, 7) is 3.80. The molecular formula is C14H16ClFN2. The second-order valence-electron chi connectivity index (χ2n) is 4.35. The Hall–Kier alpha value is -1.32. The summed E-state index contributed by atoms with van der Waals surface area (Å²) in [5.74, 6) is -0.128. The first-order valence-corrected chi connectivity index (χ1v) is 5.99. The molecule has 0 aromatic heterocycles. The molecule has 2 aromatic rings. The van der Waals surface area contributed by atoms with Gasteiger partial charge in [0.1, 0.15) is 5.82 Å². The molecule has 0 radical (unpaired) electrons. The highest BCUT2D eigenvalue weighted by molar-refractivity contribution is 5.94.